The monoisotopic (exact) mass is 359 g/mol. The Morgan fingerprint density at radius 1 is 1.19 bits per heavy atom. The first-order chi connectivity index (χ1) is 13.2. The van der Waals surface area contributed by atoms with Crippen molar-refractivity contribution in [3.63, 3.8) is 0 Å². The minimum atomic E-state index is -0.187. The Balaban J connectivity index is 2.04. The number of hydrogen-bond donors (Lipinski definition) is 1. The van der Waals surface area contributed by atoms with Crippen molar-refractivity contribution in [3.05, 3.63) is 85.1 Å². The number of carbonyl (C=O) groups is 1. The van der Waals surface area contributed by atoms with Crippen LogP contribution in [0.4, 0.5) is 0 Å². The summed E-state index contributed by atoms with van der Waals surface area (Å²) < 4.78 is 7.28. The summed E-state index contributed by atoms with van der Waals surface area (Å²) in [5, 5.41) is 7.46. The van der Waals surface area contributed by atoms with Gasteiger partial charge in [0.25, 0.3) is 0 Å². The van der Waals surface area contributed by atoms with Gasteiger partial charge in [-0.2, -0.15) is 5.10 Å². The van der Waals surface area contributed by atoms with E-state index in [-0.39, 0.29) is 5.91 Å². The summed E-state index contributed by atoms with van der Waals surface area (Å²) in [7, 11) is 1.63. The van der Waals surface area contributed by atoms with E-state index < -0.39 is 0 Å². The summed E-state index contributed by atoms with van der Waals surface area (Å²) in [5.74, 6) is 0.537. The van der Waals surface area contributed by atoms with E-state index in [0.29, 0.717) is 6.54 Å². The number of nitrogens with one attached hydrogen (secondary N) is 1. The Hall–Kier alpha value is -3.60. The van der Waals surface area contributed by atoms with E-state index in [0.717, 1.165) is 28.3 Å². The molecule has 0 bridgehead atoms. The van der Waals surface area contributed by atoms with Gasteiger partial charge in [0.1, 0.15) is 11.4 Å². The van der Waals surface area contributed by atoms with Gasteiger partial charge in [-0.1, -0.05) is 36.4 Å². The van der Waals surface area contributed by atoms with Crippen LogP contribution in [0.1, 0.15) is 5.56 Å². The number of aromatic nitrogens is 2. The van der Waals surface area contributed by atoms with Gasteiger partial charge in [0.2, 0.25) is 5.91 Å². The third kappa shape index (κ3) is 4.33. The van der Waals surface area contributed by atoms with E-state index in [9.17, 15) is 4.79 Å². The SMILES string of the molecule is C=CCNC(=O)/C=C/c1cn(-c2ccccc2)nc1-c1ccccc1OC. The molecule has 0 saturated heterocycles. The first-order valence-electron chi connectivity index (χ1n) is 8.58. The number of nitrogens with zero attached hydrogens (tertiary/aromatic N) is 2. The fraction of sp³-hybridized carbons (Fsp3) is 0.0909. The van der Waals surface area contributed by atoms with Crippen LogP contribution in [0, 0.1) is 0 Å². The fourth-order valence-electron chi connectivity index (χ4n) is 2.67. The second-order valence-corrected chi connectivity index (χ2v) is 5.78. The number of methoxy groups -OCH3 is 1. The molecule has 0 radical (unpaired) electrons. The van der Waals surface area contributed by atoms with Gasteiger partial charge in [-0.3, -0.25) is 4.79 Å². The van der Waals surface area contributed by atoms with Gasteiger partial charge >= 0.3 is 0 Å². The second kappa shape index (κ2) is 8.67. The molecule has 1 amide bonds. The van der Waals surface area contributed by atoms with Crippen LogP contribution in [0.15, 0.2) is 79.5 Å². The summed E-state index contributed by atoms with van der Waals surface area (Å²) >= 11 is 0. The topological polar surface area (TPSA) is 56.2 Å². The zero-order chi connectivity index (χ0) is 19.1. The number of hydrogen-bond acceptors (Lipinski definition) is 3. The van der Waals surface area contributed by atoms with Crippen molar-refractivity contribution in [3.8, 4) is 22.7 Å². The molecular formula is C22H21N3O2. The molecule has 0 saturated carbocycles. The summed E-state index contributed by atoms with van der Waals surface area (Å²) in [6.45, 7) is 4.02. The van der Waals surface area contributed by atoms with Gasteiger partial charge < -0.3 is 10.1 Å². The number of benzene rings is 2. The van der Waals surface area contributed by atoms with E-state index in [1.54, 1.807) is 23.9 Å². The maximum Gasteiger partial charge on any atom is 0.244 e. The Labute approximate surface area is 158 Å². The normalized spacial score (nSPS) is 10.7. The summed E-state index contributed by atoms with van der Waals surface area (Å²) in [6.07, 6.45) is 6.79. The molecule has 0 aliphatic carbocycles. The highest BCUT2D eigenvalue weighted by molar-refractivity contribution is 5.93. The van der Waals surface area contributed by atoms with Crippen LogP contribution in [0.5, 0.6) is 5.75 Å². The van der Waals surface area contributed by atoms with Crippen LogP contribution in [0.25, 0.3) is 23.0 Å². The molecule has 1 aromatic heterocycles. The summed E-state index contributed by atoms with van der Waals surface area (Å²) in [6, 6.07) is 17.5. The average Bonchev–Trinajstić information content (AvgIpc) is 3.15. The third-order valence-electron chi connectivity index (χ3n) is 3.96. The van der Waals surface area contributed by atoms with Crippen molar-refractivity contribution in [2.24, 2.45) is 0 Å². The molecule has 5 heteroatoms. The van der Waals surface area contributed by atoms with Crippen LogP contribution >= 0.6 is 0 Å². The summed E-state index contributed by atoms with van der Waals surface area (Å²) in [5.41, 5.74) is 3.35. The minimum Gasteiger partial charge on any atom is -0.496 e. The zero-order valence-electron chi connectivity index (χ0n) is 15.1. The standard InChI is InChI=1S/C22H21N3O2/c1-3-15-23-21(26)14-13-17-16-25(18-9-5-4-6-10-18)24-22(17)19-11-7-8-12-20(19)27-2/h3-14,16H,1,15H2,2H3,(H,23,26)/b14-13+. The summed E-state index contributed by atoms with van der Waals surface area (Å²) in [4.78, 5) is 11.9. The largest absolute Gasteiger partial charge is 0.496 e. The molecule has 0 aliphatic heterocycles. The minimum absolute atomic E-state index is 0.187. The van der Waals surface area contributed by atoms with E-state index in [4.69, 9.17) is 9.84 Å². The van der Waals surface area contributed by atoms with E-state index in [1.165, 1.54) is 6.08 Å². The van der Waals surface area contributed by atoms with Crippen LogP contribution in [0.3, 0.4) is 0 Å². The molecule has 0 unspecified atom stereocenters. The smallest absolute Gasteiger partial charge is 0.244 e. The van der Waals surface area contributed by atoms with Crippen molar-refractivity contribution < 1.29 is 9.53 Å². The van der Waals surface area contributed by atoms with Gasteiger partial charge in [0, 0.05) is 29.9 Å². The highest BCUT2D eigenvalue weighted by Gasteiger charge is 2.14. The van der Waals surface area contributed by atoms with Crippen molar-refractivity contribution in [2.45, 2.75) is 0 Å². The van der Waals surface area contributed by atoms with E-state index >= 15 is 0 Å². The number of rotatable bonds is 7. The molecule has 136 valence electrons. The Kier molecular flexibility index (Phi) is 5.84. The Morgan fingerprint density at radius 3 is 2.67 bits per heavy atom. The molecule has 0 fully saturated rings. The van der Waals surface area contributed by atoms with Gasteiger partial charge in [-0.25, -0.2) is 4.68 Å². The molecule has 5 nitrogen and oxygen atoms in total. The lowest BCUT2D eigenvalue weighted by molar-refractivity contribution is -0.116. The highest BCUT2D eigenvalue weighted by atomic mass is 16.5. The van der Waals surface area contributed by atoms with Gasteiger partial charge in [0.05, 0.1) is 12.8 Å². The Morgan fingerprint density at radius 2 is 1.93 bits per heavy atom. The first-order valence-corrected chi connectivity index (χ1v) is 8.58. The lowest BCUT2D eigenvalue weighted by atomic mass is 10.1. The lowest BCUT2D eigenvalue weighted by Gasteiger charge is -2.06. The molecule has 1 heterocycles. The zero-order valence-corrected chi connectivity index (χ0v) is 15.1. The lowest BCUT2D eigenvalue weighted by Crippen LogP contribution is -2.20. The van der Waals surface area contributed by atoms with Crippen LogP contribution in [-0.2, 0) is 4.79 Å². The molecule has 0 aliphatic rings. The van der Waals surface area contributed by atoms with Crippen molar-refractivity contribution in [2.75, 3.05) is 13.7 Å². The second-order valence-electron chi connectivity index (χ2n) is 5.78. The molecule has 3 aromatic rings. The molecular weight excluding hydrogens is 338 g/mol. The van der Waals surface area contributed by atoms with Crippen LogP contribution in [0.2, 0.25) is 0 Å². The molecule has 0 atom stereocenters. The van der Waals surface area contributed by atoms with Gasteiger partial charge in [-0.05, 0) is 30.3 Å². The maximum atomic E-state index is 11.9. The van der Waals surface area contributed by atoms with Crippen LogP contribution < -0.4 is 10.1 Å². The maximum absolute atomic E-state index is 11.9. The highest BCUT2D eigenvalue weighted by Crippen LogP contribution is 2.32. The molecule has 0 spiro atoms. The number of ether oxygens (including phenoxy) is 1. The van der Waals surface area contributed by atoms with Gasteiger partial charge in [-0.15, -0.1) is 6.58 Å². The number of carbonyl (C=O) groups excluding carboxylic acids is 1. The van der Waals surface area contributed by atoms with E-state index in [2.05, 4.69) is 11.9 Å². The van der Waals surface area contributed by atoms with Gasteiger partial charge in [0.15, 0.2) is 0 Å². The van der Waals surface area contributed by atoms with E-state index in [1.807, 2.05) is 60.8 Å². The fourth-order valence-corrected chi connectivity index (χ4v) is 2.67. The van der Waals surface area contributed by atoms with Crippen molar-refractivity contribution in [1.29, 1.82) is 0 Å². The third-order valence-corrected chi connectivity index (χ3v) is 3.96. The predicted octanol–water partition coefficient (Wildman–Crippen LogP) is 3.86. The van der Waals surface area contributed by atoms with Crippen LogP contribution in [-0.4, -0.2) is 29.3 Å². The predicted molar refractivity (Wildman–Crippen MR) is 108 cm³/mol. The molecule has 27 heavy (non-hydrogen) atoms. The van der Waals surface area contributed by atoms with Crippen molar-refractivity contribution >= 4 is 12.0 Å². The molecule has 2 aromatic carbocycles. The van der Waals surface area contributed by atoms with Crippen molar-refractivity contribution in [1.82, 2.24) is 15.1 Å². The number of para-hydroxylation sites is 2. The molecule has 1 N–H and O–H groups in total. The quantitative estimate of drug-likeness (QED) is 0.515. The Bertz CT molecular complexity index is 959. The average molecular weight is 359 g/mol. The number of amides is 1. The first kappa shape index (κ1) is 18.2. The molecule has 3 rings (SSSR count).